The van der Waals surface area contributed by atoms with E-state index in [1.165, 1.54) is 18.4 Å². The smallest absolute Gasteiger partial charge is 0.128 e. The number of nitrogens with zero attached hydrogens (tertiary/aromatic N) is 2. The Morgan fingerprint density at radius 2 is 2.37 bits per heavy atom. The number of anilines is 1. The minimum Gasteiger partial charge on any atom is -0.381 e. The van der Waals surface area contributed by atoms with Gasteiger partial charge in [-0.05, 0) is 43.7 Å². The lowest BCUT2D eigenvalue weighted by Gasteiger charge is -2.27. The molecule has 1 fully saturated rings. The van der Waals surface area contributed by atoms with Crippen LogP contribution in [0.2, 0.25) is 0 Å². The van der Waals surface area contributed by atoms with Gasteiger partial charge in [0.2, 0.25) is 0 Å². The van der Waals surface area contributed by atoms with Crippen molar-refractivity contribution in [3.8, 4) is 0 Å². The third kappa shape index (κ3) is 4.48. The normalized spacial score (nSPS) is 21.1. The molecule has 106 valence electrons. The van der Waals surface area contributed by atoms with Crippen LogP contribution in [0.4, 0.5) is 5.82 Å². The van der Waals surface area contributed by atoms with Gasteiger partial charge in [-0.2, -0.15) is 0 Å². The quantitative estimate of drug-likeness (QED) is 0.880. The van der Waals surface area contributed by atoms with Crippen LogP contribution in [-0.2, 0) is 11.2 Å². The van der Waals surface area contributed by atoms with Crippen LogP contribution in [0, 0.1) is 5.92 Å². The molecular formula is C15H25N3O. The summed E-state index contributed by atoms with van der Waals surface area (Å²) in [6.45, 7) is 4.83. The van der Waals surface area contributed by atoms with Gasteiger partial charge >= 0.3 is 0 Å². The van der Waals surface area contributed by atoms with Crippen molar-refractivity contribution in [1.82, 2.24) is 4.98 Å². The van der Waals surface area contributed by atoms with E-state index in [4.69, 9.17) is 10.5 Å². The molecule has 1 aliphatic rings. The van der Waals surface area contributed by atoms with Gasteiger partial charge in [-0.25, -0.2) is 4.98 Å². The predicted octanol–water partition coefficient (Wildman–Crippen LogP) is 1.83. The minimum atomic E-state index is 0.185. The summed E-state index contributed by atoms with van der Waals surface area (Å²) in [5.74, 6) is 1.66. The summed E-state index contributed by atoms with van der Waals surface area (Å²) in [6, 6.07) is 4.39. The maximum Gasteiger partial charge on any atom is 0.128 e. The molecule has 1 aromatic heterocycles. The van der Waals surface area contributed by atoms with Gasteiger partial charge < -0.3 is 15.4 Å². The lowest BCUT2D eigenvalue weighted by Crippen LogP contribution is -2.31. The van der Waals surface area contributed by atoms with Crippen LogP contribution in [0.25, 0.3) is 0 Å². The van der Waals surface area contributed by atoms with Crippen LogP contribution in [-0.4, -0.2) is 37.8 Å². The molecule has 1 aromatic rings. The Kier molecular flexibility index (Phi) is 5.16. The largest absolute Gasteiger partial charge is 0.381 e. The SMILES string of the molecule is CC(N)Cc1ccc(N(C)CC2CCCOC2)nc1. The molecule has 4 heteroatoms. The van der Waals surface area contributed by atoms with Crippen molar-refractivity contribution in [2.24, 2.45) is 11.7 Å². The standard InChI is InChI=1S/C15H25N3O/c1-12(16)8-13-5-6-15(17-9-13)18(2)10-14-4-3-7-19-11-14/h5-6,9,12,14H,3-4,7-8,10-11,16H2,1-2H3. The van der Waals surface area contributed by atoms with Crippen molar-refractivity contribution in [3.63, 3.8) is 0 Å². The topological polar surface area (TPSA) is 51.4 Å². The van der Waals surface area contributed by atoms with Gasteiger partial charge in [0.05, 0.1) is 6.61 Å². The van der Waals surface area contributed by atoms with Crippen LogP contribution in [0.3, 0.4) is 0 Å². The fraction of sp³-hybridized carbons (Fsp3) is 0.667. The van der Waals surface area contributed by atoms with Gasteiger partial charge in [0.15, 0.2) is 0 Å². The van der Waals surface area contributed by atoms with Crippen molar-refractivity contribution in [3.05, 3.63) is 23.9 Å². The highest BCUT2D eigenvalue weighted by Crippen LogP contribution is 2.18. The lowest BCUT2D eigenvalue weighted by molar-refractivity contribution is 0.0576. The molecule has 2 atom stereocenters. The molecular weight excluding hydrogens is 238 g/mol. The second-order valence-electron chi connectivity index (χ2n) is 5.67. The van der Waals surface area contributed by atoms with Gasteiger partial charge in [-0.3, -0.25) is 0 Å². The molecule has 2 N–H and O–H groups in total. The number of pyridine rings is 1. The Labute approximate surface area is 116 Å². The van der Waals surface area contributed by atoms with Crippen LogP contribution in [0.5, 0.6) is 0 Å². The first-order chi connectivity index (χ1) is 9.15. The van der Waals surface area contributed by atoms with E-state index >= 15 is 0 Å². The van der Waals surface area contributed by atoms with Gasteiger partial charge in [-0.1, -0.05) is 6.07 Å². The maximum absolute atomic E-state index is 5.79. The Morgan fingerprint density at radius 3 is 2.95 bits per heavy atom. The van der Waals surface area contributed by atoms with Gasteiger partial charge in [-0.15, -0.1) is 0 Å². The van der Waals surface area contributed by atoms with Crippen molar-refractivity contribution in [2.45, 2.75) is 32.2 Å². The van der Waals surface area contributed by atoms with Crippen LogP contribution in [0.1, 0.15) is 25.3 Å². The van der Waals surface area contributed by atoms with E-state index in [2.05, 4.69) is 29.1 Å². The summed E-state index contributed by atoms with van der Waals surface area (Å²) in [5, 5.41) is 0. The summed E-state index contributed by atoms with van der Waals surface area (Å²) in [4.78, 5) is 6.74. The van der Waals surface area contributed by atoms with E-state index in [-0.39, 0.29) is 6.04 Å². The fourth-order valence-electron chi connectivity index (χ4n) is 2.57. The zero-order valence-electron chi connectivity index (χ0n) is 12.0. The highest BCUT2D eigenvalue weighted by molar-refractivity contribution is 5.38. The second kappa shape index (κ2) is 6.87. The summed E-state index contributed by atoms with van der Waals surface area (Å²) < 4.78 is 5.52. The van der Waals surface area contributed by atoms with Crippen LogP contribution in [0.15, 0.2) is 18.3 Å². The number of hydrogen-bond acceptors (Lipinski definition) is 4. The summed E-state index contributed by atoms with van der Waals surface area (Å²) in [6.07, 6.45) is 5.26. The Bertz CT molecular complexity index is 371. The first-order valence-electron chi connectivity index (χ1n) is 7.14. The molecule has 0 saturated carbocycles. The monoisotopic (exact) mass is 263 g/mol. The second-order valence-corrected chi connectivity index (χ2v) is 5.67. The van der Waals surface area contributed by atoms with Crippen molar-refractivity contribution < 1.29 is 4.74 Å². The number of nitrogens with two attached hydrogens (primary N) is 1. The summed E-state index contributed by atoms with van der Waals surface area (Å²) >= 11 is 0. The van der Waals surface area contributed by atoms with E-state index in [1.54, 1.807) is 0 Å². The average molecular weight is 263 g/mol. The van der Waals surface area contributed by atoms with E-state index in [1.807, 2.05) is 13.1 Å². The first kappa shape index (κ1) is 14.3. The Hall–Kier alpha value is -1.13. The number of hydrogen-bond donors (Lipinski definition) is 1. The molecule has 4 nitrogen and oxygen atoms in total. The predicted molar refractivity (Wildman–Crippen MR) is 78.4 cm³/mol. The zero-order valence-corrected chi connectivity index (χ0v) is 12.0. The average Bonchev–Trinajstić information content (AvgIpc) is 2.40. The maximum atomic E-state index is 5.79. The molecule has 0 radical (unpaired) electrons. The molecule has 0 amide bonds. The first-order valence-corrected chi connectivity index (χ1v) is 7.14. The van der Waals surface area contributed by atoms with E-state index < -0.39 is 0 Å². The van der Waals surface area contributed by atoms with Gasteiger partial charge in [0.25, 0.3) is 0 Å². The van der Waals surface area contributed by atoms with E-state index in [9.17, 15) is 0 Å². The minimum absolute atomic E-state index is 0.185. The van der Waals surface area contributed by atoms with Crippen LogP contribution < -0.4 is 10.6 Å². The molecule has 1 aliphatic heterocycles. The van der Waals surface area contributed by atoms with E-state index in [0.29, 0.717) is 5.92 Å². The summed E-state index contributed by atoms with van der Waals surface area (Å²) in [7, 11) is 2.10. The van der Waals surface area contributed by atoms with Crippen molar-refractivity contribution >= 4 is 5.82 Å². The van der Waals surface area contributed by atoms with Crippen molar-refractivity contribution in [2.75, 3.05) is 31.7 Å². The molecule has 0 aromatic carbocycles. The molecule has 0 bridgehead atoms. The fourth-order valence-corrected chi connectivity index (χ4v) is 2.57. The third-order valence-corrected chi connectivity index (χ3v) is 3.54. The molecule has 1 saturated heterocycles. The number of aromatic nitrogens is 1. The Balaban J connectivity index is 1.89. The highest BCUT2D eigenvalue weighted by Gasteiger charge is 2.16. The van der Waals surface area contributed by atoms with Gasteiger partial charge in [0.1, 0.15) is 5.82 Å². The molecule has 2 rings (SSSR count). The number of rotatable bonds is 5. The third-order valence-electron chi connectivity index (χ3n) is 3.54. The molecule has 0 aliphatic carbocycles. The molecule has 19 heavy (non-hydrogen) atoms. The van der Waals surface area contributed by atoms with E-state index in [0.717, 1.165) is 32.0 Å². The lowest BCUT2D eigenvalue weighted by atomic mass is 10.0. The molecule has 2 unspecified atom stereocenters. The molecule has 0 spiro atoms. The Morgan fingerprint density at radius 1 is 1.53 bits per heavy atom. The van der Waals surface area contributed by atoms with Gasteiger partial charge in [0, 0.05) is 32.4 Å². The van der Waals surface area contributed by atoms with Crippen LogP contribution >= 0.6 is 0 Å². The number of ether oxygens (including phenoxy) is 1. The van der Waals surface area contributed by atoms with Crippen molar-refractivity contribution in [1.29, 1.82) is 0 Å². The highest BCUT2D eigenvalue weighted by atomic mass is 16.5. The zero-order chi connectivity index (χ0) is 13.7. The molecule has 2 heterocycles. The summed E-state index contributed by atoms with van der Waals surface area (Å²) in [5.41, 5.74) is 7.00.